The summed E-state index contributed by atoms with van der Waals surface area (Å²) in [7, 11) is 0. The summed E-state index contributed by atoms with van der Waals surface area (Å²) in [6.45, 7) is 2.85. The summed E-state index contributed by atoms with van der Waals surface area (Å²) in [6.07, 6.45) is 7.76. The number of allylic oxidation sites excluding steroid dienone is 2. The molecule has 0 amide bonds. The van der Waals surface area contributed by atoms with E-state index in [-0.39, 0.29) is 0 Å². The monoisotopic (exact) mass is 210 g/mol. The summed E-state index contributed by atoms with van der Waals surface area (Å²) in [4.78, 5) is 0. The summed E-state index contributed by atoms with van der Waals surface area (Å²) >= 11 is 0. The molecule has 15 heavy (non-hydrogen) atoms. The van der Waals surface area contributed by atoms with Crippen molar-refractivity contribution in [2.45, 2.75) is 26.2 Å². The van der Waals surface area contributed by atoms with Gasteiger partial charge in [-0.25, -0.2) is 0 Å². The van der Waals surface area contributed by atoms with Crippen molar-refractivity contribution in [1.82, 2.24) is 0 Å². The third-order valence-electron chi connectivity index (χ3n) is 4.54. The van der Waals surface area contributed by atoms with Crippen molar-refractivity contribution in [3.05, 3.63) is 12.2 Å². The maximum Gasteiger partial charge on any atom is 0.0464 e. The molecular formula is C13H22O2. The maximum absolute atomic E-state index is 9.47. The molecule has 2 aliphatic carbocycles. The second kappa shape index (κ2) is 4.67. The summed E-state index contributed by atoms with van der Waals surface area (Å²) in [6, 6.07) is 0. The lowest BCUT2D eigenvalue weighted by atomic mass is 9.59. The van der Waals surface area contributed by atoms with E-state index in [4.69, 9.17) is 0 Å². The molecule has 2 nitrogen and oxygen atoms in total. The van der Waals surface area contributed by atoms with E-state index in [1.165, 1.54) is 0 Å². The first-order chi connectivity index (χ1) is 7.27. The number of hydrogen-bond acceptors (Lipinski definition) is 2. The number of hydrogen-bond donors (Lipinski definition) is 2. The summed E-state index contributed by atoms with van der Waals surface area (Å²) < 4.78 is 0. The van der Waals surface area contributed by atoms with E-state index in [0.29, 0.717) is 42.8 Å². The van der Waals surface area contributed by atoms with Gasteiger partial charge in [0.2, 0.25) is 0 Å². The molecule has 2 N–H and O–H groups in total. The van der Waals surface area contributed by atoms with Crippen LogP contribution in [0.4, 0.5) is 0 Å². The van der Waals surface area contributed by atoms with Crippen LogP contribution in [0.3, 0.4) is 0 Å². The van der Waals surface area contributed by atoms with Gasteiger partial charge in [0.15, 0.2) is 0 Å². The molecular weight excluding hydrogens is 188 g/mol. The highest BCUT2D eigenvalue weighted by atomic mass is 16.3. The Balaban J connectivity index is 2.17. The molecule has 0 aromatic rings. The van der Waals surface area contributed by atoms with Gasteiger partial charge in [-0.05, 0) is 48.9 Å². The number of aliphatic hydroxyl groups is 2. The number of fused-ring (bicyclic) bond motifs is 1. The minimum absolute atomic E-state index is 0.314. The fourth-order valence-corrected chi connectivity index (χ4v) is 3.67. The zero-order valence-corrected chi connectivity index (χ0v) is 9.47. The predicted molar refractivity (Wildman–Crippen MR) is 60.3 cm³/mol. The Morgan fingerprint density at radius 1 is 1.07 bits per heavy atom. The van der Waals surface area contributed by atoms with Gasteiger partial charge >= 0.3 is 0 Å². The van der Waals surface area contributed by atoms with Gasteiger partial charge in [-0.2, -0.15) is 0 Å². The zero-order chi connectivity index (χ0) is 10.8. The van der Waals surface area contributed by atoms with E-state index >= 15 is 0 Å². The molecule has 2 heteroatoms. The predicted octanol–water partition coefficient (Wildman–Crippen LogP) is 1.83. The summed E-state index contributed by atoms with van der Waals surface area (Å²) in [5, 5.41) is 18.9. The van der Waals surface area contributed by atoms with Crippen molar-refractivity contribution >= 4 is 0 Å². The first-order valence-corrected chi connectivity index (χ1v) is 6.14. The molecule has 0 aliphatic heterocycles. The van der Waals surface area contributed by atoms with Gasteiger partial charge in [0, 0.05) is 13.2 Å². The van der Waals surface area contributed by atoms with Gasteiger partial charge in [0.05, 0.1) is 0 Å². The van der Waals surface area contributed by atoms with Crippen molar-refractivity contribution in [1.29, 1.82) is 0 Å². The van der Waals surface area contributed by atoms with E-state index in [0.717, 1.165) is 19.3 Å². The van der Waals surface area contributed by atoms with Crippen LogP contribution in [0.15, 0.2) is 12.2 Å². The maximum atomic E-state index is 9.47. The van der Waals surface area contributed by atoms with Crippen molar-refractivity contribution in [3.63, 3.8) is 0 Å². The topological polar surface area (TPSA) is 40.5 Å². The minimum Gasteiger partial charge on any atom is -0.396 e. The molecule has 2 rings (SSSR count). The molecule has 0 heterocycles. The molecule has 1 saturated carbocycles. The van der Waals surface area contributed by atoms with Crippen LogP contribution in [0.2, 0.25) is 0 Å². The lowest BCUT2D eigenvalue weighted by molar-refractivity contribution is -0.0118. The van der Waals surface area contributed by atoms with Gasteiger partial charge in [-0.1, -0.05) is 19.1 Å². The molecule has 0 radical (unpaired) electrons. The van der Waals surface area contributed by atoms with Crippen LogP contribution < -0.4 is 0 Å². The van der Waals surface area contributed by atoms with Gasteiger partial charge < -0.3 is 10.2 Å². The molecule has 0 spiro atoms. The molecule has 0 bridgehead atoms. The molecule has 5 atom stereocenters. The second-order valence-corrected chi connectivity index (χ2v) is 5.27. The van der Waals surface area contributed by atoms with Crippen molar-refractivity contribution in [3.8, 4) is 0 Å². The van der Waals surface area contributed by atoms with Crippen LogP contribution in [0.5, 0.6) is 0 Å². The smallest absolute Gasteiger partial charge is 0.0464 e. The Kier molecular flexibility index (Phi) is 3.47. The minimum atomic E-state index is 0.314. The lowest BCUT2D eigenvalue weighted by Crippen LogP contribution is -2.42. The Bertz CT molecular complexity index is 237. The van der Waals surface area contributed by atoms with Crippen LogP contribution in [-0.4, -0.2) is 23.4 Å². The molecule has 5 unspecified atom stereocenters. The van der Waals surface area contributed by atoms with Crippen LogP contribution in [0.25, 0.3) is 0 Å². The first kappa shape index (κ1) is 11.2. The van der Waals surface area contributed by atoms with E-state index < -0.39 is 0 Å². The summed E-state index contributed by atoms with van der Waals surface area (Å²) in [5.74, 6) is 2.66. The Morgan fingerprint density at radius 2 is 1.73 bits per heavy atom. The number of aliphatic hydroxyl groups excluding tert-OH is 2. The third kappa shape index (κ3) is 1.98. The summed E-state index contributed by atoms with van der Waals surface area (Å²) in [5.41, 5.74) is 0. The van der Waals surface area contributed by atoms with Crippen LogP contribution in [-0.2, 0) is 0 Å². The Morgan fingerprint density at radius 3 is 2.33 bits per heavy atom. The van der Waals surface area contributed by atoms with E-state index in [1.54, 1.807) is 0 Å². The average molecular weight is 210 g/mol. The standard InChI is InChI=1S/C13H22O2/c1-9-6-10(7-14)11-4-2-3-5-12(11)13(9)8-15/h2-3,9-15H,4-8H2,1H3. The van der Waals surface area contributed by atoms with E-state index in [2.05, 4.69) is 19.1 Å². The largest absolute Gasteiger partial charge is 0.396 e. The zero-order valence-electron chi connectivity index (χ0n) is 9.47. The molecule has 0 saturated heterocycles. The second-order valence-electron chi connectivity index (χ2n) is 5.27. The van der Waals surface area contributed by atoms with E-state index in [9.17, 15) is 10.2 Å². The highest BCUT2D eigenvalue weighted by molar-refractivity contribution is 5.01. The fraction of sp³-hybridized carbons (Fsp3) is 0.846. The number of rotatable bonds is 2. The van der Waals surface area contributed by atoms with Crippen LogP contribution in [0.1, 0.15) is 26.2 Å². The molecule has 2 aliphatic rings. The van der Waals surface area contributed by atoms with Gasteiger partial charge in [0.1, 0.15) is 0 Å². The van der Waals surface area contributed by atoms with Gasteiger partial charge in [0.25, 0.3) is 0 Å². The normalized spacial score (nSPS) is 45.1. The Labute approximate surface area is 92.0 Å². The third-order valence-corrected chi connectivity index (χ3v) is 4.54. The quantitative estimate of drug-likeness (QED) is 0.683. The SMILES string of the molecule is CC1CC(CO)C2CC=CCC2C1CO. The molecule has 0 aromatic carbocycles. The fourth-order valence-electron chi connectivity index (χ4n) is 3.67. The first-order valence-electron chi connectivity index (χ1n) is 6.14. The van der Waals surface area contributed by atoms with Crippen molar-refractivity contribution in [2.75, 3.05) is 13.2 Å². The van der Waals surface area contributed by atoms with Gasteiger partial charge in [-0.15, -0.1) is 0 Å². The molecule has 86 valence electrons. The Hall–Kier alpha value is -0.340. The average Bonchev–Trinajstić information content (AvgIpc) is 2.28. The van der Waals surface area contributed by atoms with Gasteiger partial charge in [-0.3, -0.25) is 0 Å². The van der Waals surface area contributed by atoms with Crippen molar-refractivity contribution < 1.29 is 10.2 Å². The highest BCUT2D eigenvalue weighted by Gasteiger charge is 2.41. The molecule has 1 fully saturated rings. The highest BCUT2D eigenvalue weighted by Crippen LogP contribution is 2.47. The van der Waals surface area contributed by atoms with Crippen molar-refractivity contribution in [2.24, 2.45) is 29.6 Å². The molecule has 0 aromatic heterocycles. The van der Waals surface area contributed by atoms with E-state index in [1.807, 2.05) is 0 Å². The van der Waals surface area contributed by atoms with Crippen LogP contribution >= 0.6 is 0 Å². The lowest BCUT2D eigenvalue weighted by Gasteiger charge is -2.46. The van der Waals surface area contributed by atoms with Crippen LogP contribution in [0, 0.1) is 29.6 Å².